The maximum Gasteiger partial charge on any atom is 0.118 e. The van der Waals surface area contributed by atoms with E-state index in [2.05, 4.69) is 31.2 Å². The first kappa shape index (κ1) is 19.3. The van der Waals surface area contributed by atoms with E-state index >= 15 is 0 Å². The van der Waals surface area contributed by atoms with Crippen molar-refractivity contribution in [3.8, 4) is 11.5 Å². The number of hydrogen-bond acceptors (Lipinski definition) is 2. The molecule has 0 heterocycles. The Morgan fingerprint density at radius 3 is 1.08 bits per heavy atom. The van der Waals surface area contributed by atoms with Crippen LogP contribution in [0.1, 0.15) is 12.5 Å². The van der Waals surface area contributed by atoms with Gasteiger partial charge in [0.25, 0.3) is 0 Å². The highest BCUT2D eigenvalue weighted by Gasteiger charge is 1.81. The number of ether oxygens (including phenoxy) is 2. The van der Waals surface area contributed by atoms with E-state index in [1.54, 1.807) is 14.2 Å². The van der Waals surface area contributed by atoms with Gasteiger partial charge in [-0.25, -0.2) is 0 Å². The first-order valence-electron chi connectivity index (χ1n) is 8.02. The lowest BCUT2D eigenvalue weighted by atomic mass is 10.2. The molecular weight excluding hydrogens is 296 g/mol. The van der Waals surface area contributed by atoms with Gasteiger partial charge in [0.05, 0.1) is 14.2 Å². The molecule has 0 amide bonds. The zero-order valence-corrected chi connectivity index (χ0v) is 14.7. The molecule has 0 spiro atoms. The first-order valence-corrected chi connectivity index (χ1v) is 8.02. The maximum absolute atomic E-state index is 4.91. The van der Waals surface area contributed by atoms with Crippen LogP contribution in [0.2, 0.25) is 0 Å². The Labute approximate surface area is 145 Å². The van der Waals surface area contributed by atoms with Crippen molar-refractivity contribution in [1.29, 1.82) is 0 Å². The molecule has 0 aliphatic carbocycles. The Morgan fingerprint density at radius 2 is 0.875 bits per heavy atom. The van der Waals surface area contributed by atoms with Gasteiger partial charge in [0.2, 0.25) is 0 Å². The summed E-state index contributed by atoms with van der Waals surface area (Å²) in [6.45, 7) is 2.16. The van der Waals surface area contributed by atoms with Crippen LogP contribution in [0.15, 0.2) is 91.0 Å². The zero-order valence-electron chi connectivity index (χ0n) is 14.7. The lowest BCUT2D eigenvalue weighted by molar-refractivity contribution is 0.414. The predicted octanol–water partition coefficient (Wildman–Crippen LogP) is 5.64. The van der Waals surface area contributed by atoms with Crippen molar-refractivity contribution >= 4 is 0 Å². The van der Waals surface area contributed by atoms with Gasteiger partial charge in [-0.15, -0.1) is 0 Å². The summed E-state index contributed by atoms with van der Waals surface area (Å²) in [5.41, 5.74) is 1.41. The van der Waals surface area contributed by atoms with Crippen LogP contribution in [0.4, 0.5) is 0 Å². The minimum absolute atomic E-state index is 0.910. The summed E-state index contributed by atoms with van der Waals surface area (Å²) in [6.07, 6.45) is 1.14. The van der Waals surface area contributed by atoms with Gasteiger partial charge in [-0.3, -0.25) is 0 Å². The number of para-hydroxylation sites is 2. The van der Waals surface area contributed by atoms with Crippen LogP contribution in [0.5, 0.6) is 11.5 Å². The van der Waals surface area contributed by atoms with E-state index in [1.807, 2.05) is 66.7 Å². The molecule has 2 heteroatoms. The molecule has 0 N–H and O–H groups in total. The largest absolute Gasteiger partial charge is 0.497 e. The van der Waals surface area contributed by atoms with E-state index in [0.29, 0.717) is 0 Å². The average Bonchev–Trinajstić information content (AvgIpc) is 2.71. The molecule has 0 aromatic heterocycles. The van der Waals surface area contributed by atoms with E-state index in [1.165, 1.54) is 5.56 Å². The monoisotopic (exact) mass is 322 g/mol. The molecule has 0 aliphatic rings. The Kier molecular flexibility index (Phi) is 10.3. The molecule has 0 saturated heterocycles. The Balaban J connectivity index is 0.000000180. The third-order valence-corrected chi connectivity index (χ3v) is 3.21. The Morgan fingerprint density at radius 1 is 0.542 bits per heavy atom. The van der Waals surface area contributed by atoms with Gasteiger partial charge in [-0.05, 0) is 36.2 Å². The van der Waals surface area contributed by atoms with Gasteiger partial charge < -0.3 is 9.47 Å². The summed E-state index contributed by atoms with van der Waals surface area (Å²) >= 11 is 0. The van der Waals surface area contributed by atoms with Crippen molar-refractivity contribution in [1.82, 2.24) is 0 Å². The van der Waals surface area contributed by atoms with Crippen molar-refractivity contribution in [2.24, 2.45) is 0 Å². The fraction of sp³-hybridized carbons (Fsp3) is 0.182. The average molecular weight is 322 g/mol. The summed E-state index contributed by atoms with van der Waals surface area (Å²) < 4.78 is 9.83. The van der Waals surface area contributed by atoms with Gasteiger partial charge in [0.1, 0.15) is 11.5 Å². The molecule has 0 saturated carbocycles. The molecule has 126 valence electrons. The van der Waals surface area contributed by atoms with Crippen LogP contribution >= 0.6 is 0 Å². The second-order valence-corrected chi connectivity index (χ2v) is 4.87. The van der Waals surface area contributed by atoms with Crippen molar-refractivity contribution in [2.75, 3.05) is 14.2 Å². The molecule has 0 radical (unpaired) electrons. The summed E-state index contributed by atoms with van der Waals surface area (Å²) in [6, 6.07) is 29.8. The number of methoxy groups -OCH3 is 2. The lowest BCUT2D eigenvalue weighted by Crippen LogP contribution is -1.78. The van der Waals surface area contributed by atoms with Crippen molar-refractivity contribution < 1.29 is 9.47 Å². The molecular formula is C22H26O2. The maximum atomic E-state index is 4.91. The second kappa shape index (κ2) is 12.8. The third kappa shape index (κ3) is 8.64. The van der Waals surface area contributed by atoms with Crippen LogP contribution in [-0.4, -0.2) is 14.2 Å². The quantitative estimate of drug-likeness (QED) is 0.621. The fourth-order valence-electron chi connectivity index (χ4n) is 1.83. The van der Waals surface area contributed by atoms with Crippen LogP contribution in [-0.2, 0) is 6.42 Å². The molecule has 2 nitrogen and oxygen atoms in total. The SMILES string of the molecule is CCc1ccccc1.COc1ccccc1.COc1ccccc1. The van der Waals surface area contributed by atoms with E-state index in [4.69, 9.17) is 9.47 Å². The van der Waals surface area contributed by atoms with Gasteiger partial charge in [0.15, 0.2) is 0 Å². The normalized spacial score (nSPS) is 8.79. The van der Waals surface area contributed by atoms with Crippen molar-refractivity contribution in [3.63, 3.8) is 0 Å². The second-order valence-electron chi connectivity index (χ2n) is 4.87. The molecule has 0 bridgehead atoms. The van der Waals surface area contributed by atoms with Crippen LogP contribution in [0.3, 0.4) is 0 Å². The minimum Gasteiger partial charge on any atom is -0.497 e. The lowest BCUT2D eigenvalue weighted by Gasteiger charge is -1.93. The van der Waals surface area contributed by atoms with Crippen LogP contribution in [0.25, 0.3) is 0 Å². The Bertz CT molecular complexity index is 528. The molecule has 3 rings (SSSR count). The molecule has 0 aliphatic heterocycles. The fourth-order valence-corrected chi connectivity index (χ4v) is 1.83. The number of hydrogen-bond donors (Lipinski definition) is 0. The number of aryl methyl sites for hydroxylation is 1. The van der Waals surface area contributed by atoms with E-state index in [9.17, 15) is 0 Å². The number of rotatable bonds is 3. The van der Waals surface area contributed by atoms with Crippen LogP contribution in [0, 0.1) is 0 Å². The van der Waals surface area contributed by atoms with Crippen molar-refractivity contribution in [2.45, 2.75) is 13.3 Å². The van der Waals surface area contributed by atoms with E-state index in [0.717, 1.165) is 17.9 Å². The van der Waals surface area contributed by atoms with Crippen molar-refractivity contribution in [3.05, 3.63) is 96.6 Å². The molecule has 0 unspecified atom stereocenters. The molecule has 24 heavy (non-hydrogen) atoms. The molecule has 3 aromatic carbocycles. The highest BCUT2D eigenvalue weighted by atomic mass is 16.5. The third-order valence-electron chi connectivity index (χ3n) is 3.21. The summed E-state index contributed by atoms with van der Waals surface area (Å²) in [4.78, 5) is 0. The molecule has 3 aromatic rings. The Hall–Kier alpha value is -2.74. The molecule has 0 fully saturated rings. The van der Waals surface area contributed by atoms with Gasteiger partial charge >= 0.3 is 0 Å². The van der Waals surface area contributed by atoms with E-state index in [-0.39, 0.29) is 0 Å². The van der Waals surface area contributed by atoms with Gasteiger partial charge in [0, 0.05) is 0 Å². The van der Waals surface area contributed by atoms with E-state index < -0.39 is 0 Å². The van der Waals surface area contributed by atoms with Crippen LogP contribution < -0.4 is 9.47 Å². The smallest absolute Gasteiger partial charge is 0.118 e. The zero-order chi connectivity index (χ0) is 17.5. The molecule has 0 atom stereocenters. The van der Waals surface area contributed by atoms with Gasteiger partial charge in [-0.1, -0.05) is 73.7 Å². The summed E-state index contributed by atoms with van der Waals surface area (Å²) in [5, 5.41) is 0. The summed E-state index contributed by atoms with van der Waals surface area (Å²) in [5.74, 6) is 1.82. The number of benzene rings is 3. The van der Waals surface area contributed by atoms with Gasteiger partial charge in [-0.2, -0.15) is 0 Å². The summed E-state index contributed by atoms with van der Waals surface area (Å²) in [7, 11) is 3.32. The minimum atomic E-state index is 0.910. The topological polar surface area (TPSA) is 18.5 Å². The predicted molar refractivity (Wildman–Crippen MR) is 102 cm³/mol. The highest BCUT2D eigenvalue weighted by molar-refractivity contribution is 5.21. The highest BCUT2D eigenvalue weighted by Crippen LogP contribution is 2.06. The standard InChI is InChI=1S/C8H10.2C7H8O/c1-2-8-6-4-3-5-7-8;2*1-8-7-5-3-2-4-6-7/h3-7H,2H2,1H3;2*2-6H,1H3. The first-order chi connectivity index (χ1) is 11.8.